The van der Waals surface area contributed by atoms with Gasteiger partial charge in [-0.1, -0.05) is 13.8 Å². The second-order valence-corrected chi connectivity index (χ2v) is 4.58. The van der Waals surface area contributed by atoms with E-state index in [-0.39, 0.29) is 18.4 Å². The van der Waals surface area contributed by atoms with Gasteiger partial charge in [0.25, 0.3) is 0 Å². The van der Waals surface area contributed by atoms with Gasteiger partial charge in [0.05, 0.1) is 6.04 Å². The molecule has 0 aromatic heterocycles. The molecule has 0 spiro atoms. The molecule has 0 aliphatic rings. The summed E-state index contributed by atoms with van der Waals surface area (Å²) in [6.45, 7) is 5.78. The summed E-state index contributed by atoms with van der Waals surface area (Å²) in [7, 11) is 0. The zero-order valence-corrected chi connectivity index (χ0v) is 10.2. The lowest BCUT2D eigenvalue weighted by Crippen LogP contribution is -2.45. The number of hydrogen-bond acceptors (Lipinski definition) is 3. The van der Waals surface area contributed by atoms with Crippen LogP contribution in [0.15, 0.2) is 0 Å². The normalized spacial score (nSPS) is 14.6. The maximum absolute atomic E-state index is 11.6. The van der Waals surface area contributed by atoms with E-state index < -0.39 is 12.0 Å². The first-order chi connectivity index (χ1) is 7.32. The van der Waals surface area contributed by atoms with Crippen molar-refractivity contribution < 1.29 is 14.7 Å². The molecule has 0 radical (unpaired) electrons. The van der Waals surface area contributed by atoms with Crippen LogP contribution in [0.2, 0.25) is 0 Å². The highest BCUT2D eigenvalue weighted by atomic mass is 16.4. The number of carboxylic acids is 1. The average molecular weight is 230 g/mol. The summed E-state index contributed by atoms with van der Waals surface area (Å²) >= 11 is 0. The molecule has 5 heteroatoms. The van der Waals surface area contributed by atoms with Crippen LogP contribution in [0.5, 0.6) is 0 Å². The molecule has 94 valence electrons. The second kappa shape index (κ2) is 7.22. The van der Waals surface area contributed by atoms with Gasteiger partial charge in [-0.2, -0.15) is 0 Å². The van der Waals surface area contributed by atoms with Gasteiger partial charge in [-0.3, -0.25) is 9.59 Å². The third-order valence-corrected chi connectivity index (χ3v) is 2.24. The van der Waals surface area contributed by atoms with Crippen LogP contribution < -0.4 is 11.1 Å². The molecule has 16 heavy (non-hydrogen) atoms. The Morgan fingerprint density at radius 2 is 1.88 bits per heavy atom. The Bertz CT molecular complexity index is 241. The lowest BCUT2D eigenvalue weighted by molar-refractivity contribution is -0.137. The molecule has 0 aliphatic heterocycles. The summed E-state index contributed by atoms with van der Waals surface area (Å²) in [5, 5.41) is 11.2. The summed E-state index contributed by atoms with van der Waals surface area (Å²) in [5.74, 6) is -0.686. The van der Waals surface area contributed by atoms with Crippen molar-refractivity contribution in [3.05, 3.63) is 0 Å². The minimum atomic E-state index is -0.854. The first kappa shape index (κ1) is 14.9. The SMILES string of the molecule is CC(C)CC(N)C(=O)NC(C)CCC(=O)O. The fourth-order valence-corrected chi connectivity index (χ4v) is 1.38. The standard InChI is InChI=1S/C11H22N2O3/c1-7(2)6-9(12)11(16)13-8(3)4-5-10(14)15/h7-9H,4-6,12H2,1-3H3,(H,13,16)(H,14,15). The maximum Gasteiger partial charge on any atom is 0.303 e. The topological polar surface area (TPSA) is 92.4 Å². The van der Waals surface area contributed by atoms with Crippen molar-refractivity contribution in [3.63, 3.8) is 0 Å². The number of carbonyl (C=O) groups is 2. The molecule has 0 aromatic rings. The molecule has 0 saturated heterocycles. The van der Waals surface area contributed by atoms with Crippen LogP contribution in [0.1, 0.15) is 40.0 Å². The molecule has 0 heterocycles. The Kier molecular flexibility index (Phi) is 6.72. The minimum Gasteiger partial charge on any atom is -0.481 e. The molecule has 0 saturated carbocycles. The zero-order valence-electron chi connectivity index (χ0n) is 10.2. The third kappa shape index (κ3) is 7.23. The summed E-state index contributed by atoms with van der Waals surface area (Å²) in [6, 6.07) is -0.658. The largest absolute Gasteiger partial charge is 0.481 e. The molecule has 5 nitrogen and oxygen atoms in total. The highest BCUT2D eigenvalue weighted by molar-refractivity contribution is 5.81. The van der Waals surface area contributed by atoms with Crippen LogP contribution in [0, 0.1) is 5.92 Å². The summed E-state index contributed by atoms with van der Waals surface area (Å²) in [5.41, 5.74) is 5.69. The molecular weight excluding hydrogens is 208 g/mol. The predicted octanol–water partition coefficient (Wildman–Crippen LogP) is 0.729. The van der Waals surface area contributed by atoms with E-state index in [1.165, 1.54) is 0 Å². The Hall–Kier alpha value is -1.10. The van der Waals surface area contributed by atoms with E-state index in [1.807, 2.05) is 13.8 Å². The first-order valence-corrected chi connectivity index (χ1v) is 5.60. The van der Waals surface area contributed by atoms with Crippen LogP contribution >= 0.6 is 0 Å². The van der Waals surface area contributed by atoms with Gasteiger partial charge in [0.2, 0.25) is 5.91 Å². The van der Waals surface area contributed by atoms with Crippen molar-refractivity contribution in [2.45, 2.75) is 52.1 Å². The van der Waals surface area contributed by atoms with Gasteiger partial charge < -0.3 is 16.2 Å². The van der Waals surface area contributed by atoms with E-state index in [9.17, 15) is 9.59 Å². The Labute approximate surface area is 96.4 Å². The molecule has 0 fully saturated rings. The molecule has 2 unspecified atom stereocenters. The Morgan fingerprint density at radius 3 is 2.31 bits per heavy atom. The first-order valence-electron chi connectivity index (χ1n) is 5.60. The molecule has 1 amide bonds. The van der Waals surface area contributed by atoms with Crippen LogP contribution in [-0.4, -0.2) is 29.1 Å². The summed E-state index contributed by atoms with van der Waals surface area (Å²) in [6.07, 6.45) is 1.12. The van der Waals surface area contributed by atoms with Gasteiger partial charge >= 0.3 is 5.97 Å². The Balaban J connectivity index is 3.89. The number of nitrogens with two attached hydrogens (primary N) is 1. The van der Waals surface area contributed by atoms with E-state index in [4.69, 9.17) is 10.8 Å². The highest BCUT2D eigenvalue weighted by Gasteiger charge is 2.17. The van der Waals surface area contributed by atoms with E-state index in [2.05, 4.69) is 5.32 Å². The van der Waals surface area contributed by atoms with Crippen molar-refractivity contribution in [2.75, 3.05) is 0 Å². The Morgan fingerprint density at radius 1 is 1.31 bits per heavy atom. The molecule has 0 aliphatic carbocycles. The van der Waals surface area contributed by atoms with Crippen molar-refractivity contribution in [1.29, 1.82) is 0 Å². The fraction of sp³-hybridized carbons (Fsp3) is 0.818. The molecule has 0 aromatic carbocycles. The summed E-state index contributed by atoms with van der Waals surface area (Å²) in [4.78, 5) is 21.9. The molecule has 4 N–H and O–H groups in total. The lowest BCUT2D eigenvalue weighted by atomic mass is 10.0. The van der Waals surface area contributed by atoms with Crippen molar-refractivity contribution in [2.24, 2.45) is 11.7 Å². The van der Waals surface area contributed by atoms with E-state index >= 15 is 0 Å². The smallest absolute Gasteiger partial charge is 0.303 e. The van der Waals surface area contributed by atoms with Gasteiger partial charge in [-0.25, -0.2) is 0 Å². The third-order valence-electron chi connectivity index (χ3n) is 2.24. The number of amides is 1. The predicted molar refractivity (Wildman–Crippen MR) is 61.9 cm³/mol. The number of aliphatic carboxylic acids is 1. The van der Waals surface area contributed by atoms with Gasteiger partial charge in [0.15, 0.2) is 0 Å². The number of nitrogens with one attached hydrogen (secondary N) is 1. The number of carboxylic acid groups (broad SMARTS) is 1. The van der Waals surface area contributed by atoms with Crippen LogP contribution in [0.25, 0.3) is 0 Å². The van der Waals surface area contributed by atoms with Crippen molar-refractivity contribution >= 4 is 11.9 Å². The maximum atomic E-state index is 11.6. The zero-order chi connectivity index (χ0) is 12.7. The average Bonchev–Trinajstić information content (AvgIpc) is 2.13. The van der Waals surface area contributed by atoms with Crippen LogP contribution in [0.4, 0.5) is 0 Å². The molecular formula is C11H22N2O3. The quantitative estimate of drug-likeness (QED) is 0.601. The van der Waals surface area contributed by atoms with Gasteiger partial charge in [-0.05, 0) is 25.7 Å². The number of hydrogen-bond donors (Lipinski definition) is 3. The second-order valence-electron chi connectivity index (χ2n) is 4.58. The number of carbonyl (C=O) groups excluding carboxylic acids is 1. The van der Waals surface area contributed by atoms with Crippen molar-refractivity contribution in [1.82, 2.24) is 5.32 Å². The van der Waals surface area contributed by atoms with E-state index in [1.54, 1.807) is 6.92 Å². The van der Waals surface area contributed by atoms with Crippen LogP contribution in [0.3, 0.4) is 0 Å². The van der Waals surface area contributed by atoms with Gasteiger partial charge in [0, 0.05) is 12.5 Å². The van der Waals surface area contributed by atoms with Gasteiger partial charge in [-0.15, -0.1) is 0 Å². The monoisotopic (exact) mass is 230 g/mol. The van der Waals surface area contributed by atoms with E-state index in [0.717, 1.165) is 0 Å². The van der Waals surface area contributed by atoms with Crippen molar-refractivity contribution in [3.8, 4) is 0 Å². The number of rotatable bonds is 7. The van der Waals surface area contributed by atoms with Gasteiger partial charge in [0.1, 0.15) is 0 Å². The summed E-state index contributed by atoms with van der Waals surface area (Å²) < 4.78 is 0. The van der Waals surface area contributed by atoms with E-state index in [0.29, 0.717) is 18.8 Å². The molecule has 2 atom stereocenters. The highest BCUT2D eigenvalue weighted by Crippen LogP contribution is 2.03. The molecule has 0 bridgehead atoms. The fourth-order valence-electron chi connectivity index (χ4n) is 1.38. The lowest BCUT2D eigenvalue weighted by Gasteiger charge is -2.18. The molecule has 0 rings (SSSR count). The minimum absolute atomic E-state index is 0.0564. The van der Waals surface area contributed by atoms with Crippen LogP contribution in [-0.2, 0) is 9.59 Å².